The van der Waals surface area contributed by atoms with Gasteiger partial charge in [-0.15, -0.1) is 0 Å². The molecule has 2 amide bonds. The quantitative estimate of drug-likeness (QED) is 0.358. The normalized spacial score (nSPS) is 15.5. The summed E-state index contributed by atoms with van der Waals surface area (Å²) in [5.74, 6) is -0.909. The lowest BCUT2D eigenvalue weighted by atomic mass is 10.0. The van der Waals surface area contributed by atoms with Crippen LogP contribution in [-0.4, -0.2) is 21.5 Å². The second-order valence-electron chi connectivity index (χ2n) is 8.20. The Kier molecular flexibility index (Phi) is 5.57. The summed E-state index contributed by atoms with van der Waals surface area (Å²) in [6.45, 7) is 9.98. The topological polar surface area (TPSA) is 54.3 Å². The number of thiocarbonyl (C=S) groups is 1. The maximum Gasteiger partial charge on any atom is 0.270 e. The summed E-state index contributed by atoms with van der Waals surface area (Å²) in [5.41, 5.74) is 7.74. The number of aryl methyl sites for hydroxylation is 4. The Hall–Kier alpha value is -3.51. The van der Waals surface area contributed by atoms with Crippen LogP contribution in [0, 0.1) is 34.6 Å². The van der Waals surface area contributed by atoms with Crippen LogP contribution in [0.5, 0.6) is 0 Å². The summed E-state index contributed by atoms with van der Waals surface area (Å²) in [7, 11) is 0. The summed E-state index contributed by atoms with van der Waals surface area (Å²) in [4.78, 5) is 27.6. The molecule has 4 rings (SSSR count). The Morgan fingerprint density at radius 2 is 1.59 bits per heavy atom. The lowest BCUT2D eigenvalue weighted by Gasteiger charge is -2.30. The zero-order valence-corrected chi connectivity index (χ0v) is 19.6. The van der Waals surface area contributed by atoms with Gasteiger partial charge in [-0.2, -0.15) is 0 Å². The third-order valence-electron chi connectivity index (χ3n) is 5.82. The highest BCUT2D eigenvalue weighted by atomic mass is 32.1. The number of nitrogens with zero attached hydrogens (tertiary/aromatic N) is 2. The zero-order valence-electron chi connectivity index (χ0n) is 18.8. The standard InChI is InChI=1S/C26H25N3O2S/c1-15-10-11-23(17(3)12-15)29-25(31)21(24(30)27-26(29)32)14-20-13-18(4)28(19(20)5)22-9-7-6-8-16(22)2/h6-14H,1-5H3,(H,27,30,32)/b21-14+. The van der Waals surface area contributed by atoms with Gasteiger partial charge in [0.25, 0.3) is 11.8 Å². The van der Waals surface area contributed by atoms with Crippen LogP contribution >= 0.6 is 12.2 Å². The van der Waals surface area contributed by atoms with Gasteiger partial charge in [-0.05, 0) is 87.8 Å². The van der Waals surface area contributed by atoms with Crippen molar-refractivity contribution in [2.45, 2.75) is 34.6 Å². The molecule has 3 aromatic rings. The van der Waals surface area contributed by atoms with Gasteiger partial charge in [0.15, 0.2) is 5.11 Å². The Balaban J connectivity index is 1.79. The predicted molar refractivity (Wildman–Crippen MR) is 132 cm³/mol. The van der Waals surface area contributed by atoms with Gasteiger partial charge >= 0.3 is 0 Å². The van der Waals surface area contributed by atoms with Crippen molar-refractivity contribution in [3.63, 3.8) is 0 Å². The van der Waals surface area contributed by atoms with Crippen LogP contribution in [-0.2, 0) is 9.59 Å². The molecule has 0 bridgehead atoms. The van der Waals surface area contributed by atoms with Crippen LogP contribution in [0.3, 0.4) is 0 Å². The molecule has 2 heterocycles. The maximum atomic E-state index is 13.4. The summed E-state index contributed by atoms with van der Waals surface area (Å²) < 4.78 is 2.14. The van der Waals surface area contributed by atoms with Crippen molar-refractivity contribution < 1.29 is 9.59 Å². The van der Waals surface area contributed by atoms with Gasteiger partial charge in [-0.25, -0.2) is 0 Å². The van der Waals surface area contributed by atoms with Gasteiger partial charge in [0.1, 0.15) is 5.57 Å². The van der Waals surface area contributed by atoms with E-state index in [4.69, 9.17) is 12.2 Å². The Labute approximate surface area is 193 Å². The van der Waals surface area contributed by atoms with Gasteiger partial charge < -0.3 is 4.57 Å². The molecule has 0 saturated carbocycles. The second kappa shape index (κ2) is 8.20. The van der Waals surface area contributed by atoms with Gasteiger partial charge in [0.05, 0.1) is 5.69 Å². The molecular weight excluding hydrogens is 418 g/mol. The fourth-order valence-electron chi connectivity index (χ4n) is 4.21. The molecule has 0 spiro atoms. The van der Waals surface area contributed by atoms with E-state index in [1.54, 1.807) is 6.08 Å². The van der Waals surface area contributed by atoms with Crippen LogP contribution < -0.4 is 10.2 Å². The van der Waals surface area contributed by atoms with Crippen LogP contribution in [0.4, 0.5) is 5.69 Å². The van der Waals surface area contributed by atoms with Crippen molar-refractivity contribution >= 4 is 40.9 Å². The van der Waals surface area contributed by atoms with E-state index in [0.717, 1.165) is 39.3 Å². The van der Waals surface area contributed by atoms with Crippen molar-refractivity contribution in [2.24, 2.45) is 0 Å². The van der Waals surface area contributed by atoms with Crippen LogP contribution in [0.1, 0.15) is 33.6 Å². The average Bonchev–Trinajstić information content (AvgIpc) is 3.00. The SMILES string of the molecule is Cc1ccc(N2C(=O)/C(=C/c3cc(C)n(-c4ccccc4C)c3C)C(=O)NC2=S)c(C)c1. The van der Waals surface area contributed by atoms with E-state index in [1.807, 2.05) is 64.1 Å². The average molecular weight is 444 g/mol. The molecule has 1 aromatic heterocycles. The molecule has 1 aliphatic heterocycles. The fourth-order valence-corrected chi connectivity index (χ4v) is 4.48. The zero-order chi connectivity index (χ0) is 23.2. The Morgan fingerprint density at radius 1 is 0.875 bits per heavy atom. The molecule has 6 heteroatoms. The van der Waals surface area contributed by atoms with E-state index in [0.29, 0.717) is 5.69 Å². The first kappa shape index (κ1) is 21.7. The van der Waals surface area contributed by atoms with E-state index in [1.165, 1.54) is 4.90 Å². The molecule has 0 aliphatic carbocycles. The van der Waals surface area contributed by atoms with Crippen molar-refractivity contribution in [2.75, 3.05) is 4.90 Å². The molecule has 2 aromatic carbocycles. The minimum atomic E-state index is -0.485. The summed E-state index contributed by atoms with van der Waals surface area (Å²) in [6, 6.07) is 15.9. The largest absolute Gasteiger partial charge is 0.318 e. The van der Waals surface area contributed by atoms with E-state index in [-0.39, 0.29) is 10.7 Å². The number of carbonyl (C=O) groups excluding carboxylic acids is 2. The van der Waals surface area contributed by atoms with E-state index in [9.17, 15) is 9.59 Å². The second-order valence-corrected chi connectivity index (χ2v) is 8.58. The number of amides is 2. The molecule has 0 atom stereocenters. The lowest BCUT2D eigenvalue weighted by Crippen LogP contribution is -2.54. The number of rotatable bonds is 3. The molecule has 1 saturated heterocycles. The Morgan fingerprint density at radius 3 is 2.28 bits per heavy atom. The summed E-state index contributed by atoms with van der Waals surface area (Å²) in [6.07, 6.45) is 1.66. The number of aromatic nitrogens is 1. The molecule has 5 nitrogen and oxygen atoms in total. The number of hydrogen-bond donors (Lipinski definition) is 1. The van der Waals surface area contributed by atoms with Crippen LogP contribution in [0.15, 0.2) is 54.1 Å². The summed E-state index contributed by atoms with van der Waals surface area (Å²) in [5, 5.41) is 2.77. The minimum Gasteiger partial charge on any atom is -0.318 e. The first-order chi connectivity index (χ1) is 15.2. The molecular formula is C26H25N3O2S. The third-order valence-corrected chi connectivity index (χ3v) is 6.11. The number of nitrogens with one attached hydrogen (secondary N) is 1. The number of benzene rings is 2. The fraction of sp³-hybridized carbons (Fsp3) is 0.192. The van der Waals surface area contributed by atoms with E-state index >= 15 is 0 Å². The predicted octanol–water partition coefficient (Wildman–Crippen LogP) is 4.85. The molecule has 1 aliphatic rings. The highest BCUT2D eigenvalue weighted by Crippen LogP contribution is 2.28. The monoisotopic (exact) mass is 443 g/mol. The smallest absolute Gasteiger partial charge is 0.270 e. The first-order valence-electron chi connectivity index (χ1n) is 10.4. The maximum absolute atomic E-state index is 13.4. The van der Waals surface area contributed by atoms with Gasteiger partial charge in [-0.3, -0.25) is 19.8 Å². The van der Waals surface area contributed by atoms with E-state index in [2.05, 4.69) is 28.9 Å². The van der Waals surface area contributed by atoms with Crippen molar-refractivity contribution in [1.82, 2.24) is 9.88 Å². The number of carbonyl (C=O) groups is 2. The highest BCUT2D eigenvalue weighted by Gasteiger charge is 2.35. The molecule has 32 heavy (non-hydrogen) atoms. The van der Waals surface area contributed by atoms with Gasteiger partial charge in [0, 0.05) is 17.1 Å². The first-order valence-corrected chi connectivity index (χ1v) is 10.8. The molecule has 1 N–H and O–H groups in total. The van der Waals surface area contributed by atoms with E-state index < -0.39 is 11.8 Å². The van der Waals surface area contributed by atoms with Gasteiger partial charge in [-0.1, -0.05) is 35.9 Å². The Bertz CT molecular complexity index is 1320. The highest BCUT2D eigenvalue weighted by molar-refractivity contribution is 7.80. The van der Waals surface area contributed by atoms with Crippen molar-refractivity contribution in [1.29, 1.82) is 0 Å². The number of anilines is 1. The third kappa shape index (κ3) is 3.67. The van der Waals surface area contributed by atoms with Crippen molar-refractivity contribution in [3.8, 4) is 5.69 Å². The minimum absolute atomic E-state index is 0.0589. The van der Waals surface area contributed by atoms with Gasteiger partial charge in [0.2, 0.25) is 0 Å². The van der Waals surface area contributed by atoms with Crippen molar-refractivity contribution in [3.05, 3.63) is 87.7 Å². The summed E-state index contributed by atoms with van der Waals surface area (Å²) >= 11 is 5.34. The molecule has 1 fully saturated rings. The molecule has 162 valence electrons. The van der Waals surface area contributed by atoms with Crippen LogP contribution in [0.2, 0.25) is 0 Å². The molecule has 0 radical (unpaired) electrons. The van der Waals surface area contributed by atoms with Crippen LogP contribution in [0.25, 0.3) is 11.8 Å². The molecule has 0 unspecified atom stereocenters. The number of para-hydroxylation sites is 1. The lowest BCUT2D eigenvalue weighted by molar-refractivity contribution is -0.122. The number of hydrogen-bond acceptors (Lipinski definition) is 3.